The molecule has 0 aromatic rings. The first-order chi connectivity index (χ1) is 16.4. The van der Waals surface area contributed by atoms with Crippen molar-refractivity contribution < 1.29 is 24.2 Å². The smallest absolute Gasteiger partial charge is 0.303 e. The van der Waals surface area contributed by atoms with Gasteiger partial charge in [0, 0.05) is 26.7 Å². The lowest BCUT2D eigenvalue weighted by Crippen LogP contribution is -2.33. The van der Waals surface area contributed by atoms with Gasteiger partial charge in [-0.25, -0.2) is 0 Å². The monoisotopic (exact) mass is 482 g/mol. The molecule has 4 atom stereocenters. The fraction of sp³-hybridized carbons (Fsp3) is 0.600. The first-order valence-corrected chi connectivity index (χ1v) is 12.9. The Morgan fingerprint density at radius 2 is 1.94 bits per heavy atom. The van der Waals surface area contributed by atoms with Crippen LogP contribution in [0.4, 0.5) is 0 Å². The van der Waals surface area contributed by atoms with Gasteiger partial charge in [-0.3, -0.25) is 9.59 Å². The van der Waals surface area contributed by atoms with Crippen LogP contribution in [0.2, 0.25) is 0 Å². The molecule has 2 unspecified atom stereocenters. The summed E-state index contributed by atoms with van der Waals surface area (Å²) in [5, 5.41) is 9.92. The summed E-state index contributed by atoms with van der Waals surface area (Å²) in [4.78, 5) is 23.2. The number of esters is 2. The number of fused-ring (bicyclic) bond motifs is 1. The molecule has 0 aliphatic heterocycles. The normalized spacial score (nSPS) is 31.5. The highest BCUT2D eigenvalue weighted by Crippen LogP contribution is 2.55. The Morgan fingerprint density at radius 3 is 2.60 bits per heavy atom. The minimum absolute atomic E-state index is 0.176. The molecule has 3 aliphatic carbocycles. The van der Waals surface area contributed by atoms with Crippen molar-refractivity contribution in [2.24, 2.45) is 11.3 Å². The Kier molecular flexibility index (Phi) is 8.63. The first kappa shape index (κ1) is 27.2. The van der Waals surface area contributed by atoms with E-state index in [0.29, 0.717) is 18.8 Å². The van der Waals surface area contributed by atoms with Gasteiger partial charge in [-0.05, 0) is 74.9 Å². The van der Waals surface area contributed by atoms with Crippen molar-refractivity contribution in [1.29, 1.82) is 0 Å². The van der Waals surface area contributed by atoms with Crippen molar-refractivity contribution >= 4 is 11.9 Å². The molecule has 0 aromatic heterocycles. The van der Waals surface area contributed by atoms with Gasteiger partial charge in [0.1, 0.15) is 12.2 Å². The van der Waals surface area contributed by atoms with Crippen molar-refractivity contribution in [3.05, 3.63) is 59.3 Å². The van der Waals surface area contributed by atoms with Crippen LogP contribution in [0.25, 0.3) is 0 Å². The number of carbonyl (C=O) groups is 2. The summed E-state index contributed by atoms with van der Waals surface area (Å²) < 4.78 is 11.0. The van der Waals surface area contributed by atoms with Gasteiger partial charge in [-0.2, -0.15) is 0 Å². The lowest BCUT2D eigenvalue weighted by Gasteiger charge is -2.41. The summed E-state index contributed by atoms with van der Waals surface area (Å²) >= 11 is 0. The van der Waals surface area contributed by atoms with Crippen molar-refractivity contribution in [3.8, 4) is 0 Å². The molecule has 2 saturated carbocycles. The molecule has 0 heterocycles. The van der Waals surface area contributed by atoms with Crippen LogP contribution in [0.3, 0.4) is 0 Å². The molecule has 0 aromatic carbocycles. The Hall–Kier alpha value is -2.40. The molecule has 0 bridgehead atoms. The molecular formula is C30H42O5. The van der Waals surface area contributed by atoms with E-state index in [1.807, 2.05) is 6.08 Å². The highest BCUT2D eigenvalue weighted by molar-refractivity contribution is 5.67. The van der Waals surface area contributed by atoms with E-state index in [2.05, 4.69) is 37.8 Å². The molecule has 0 saturated heterocycles. The van der Waals surface area contributed by atoms with Crippen LogP contribution >= 0.6 is 0 Å². The van der Waals surface area contributed by atoms with Crippen molar-refractivity contribution in [1.82, 2.24) is 0 Å². The number of rotatable bonds is 7. The average Bonchev–Trinajstić information content (AvgIpc) is 3.07. The second-order valence-corrected chi connectivity index (χ2v) is 11.1. The topological polar surface area (TPSA) is 72.8 Å². The molecule has 5 nitrogen and oxygen atoms in total. The van der Waals surface area contributed by atoms with E-state index < -0.39 is 11.7 Å². The zero-order chi connectivity index (χ0) is 25.8. The molecule has 3 aliphatic rings. The van der Waals surface area contributed by atoms with E-state index in [9.17, 15) is 14.7 Å². The first-order valence-electron chi connectivity index (χ1n) is 12.9. The maximum Gasteiger partial charge on any atom is 0.303 e. The summed E-state index contributed by atoms with van der Waals surface area (Å²) in [7, 11) is 0. The van der Waals surface area contributed by atoms with Crippen molar-refractivity contribution in [2.45, 2.75) is 104 Å². The predicted molar refractivity (Wildman–Crippen MR) is 138 cm³/mol. The van der Waals surface area contributed by atoms with Gasteiger partial charge in [-0.15, -0.1) is 0 Å². The Balaban J connectivity index is 1.75. The van der Waals surface area contributed by atoms with Crippen LogP contribution in [0.5, 0.6) is 0 Å². The minimum atomic E-state index is -0.767. The number of aliphatic hydroxyl groups is 1. The molecular weight excluding hydrogens is 440 g/mol. The van der Waals surface area contributed by atoms with Crippen molar-refractivity contribution in [2.75, 3.05) is 0 Å². The fourth-order valence-electron chi connectivity index (χ4n) is 5.98. The van der Waals surface area contributed by atoms with E-state index >= 15 is 0 Å². The van der Waals surface area contributed by atoms with E-state index in [1.165, 1.54) is 31.4 Å². The predicted octanol–water partition coefficient (Wildman–Crippen LogP) is 6.30. The number of allylic oxidation sites excluding steroid dienone is 6. The Morgan fingerprint density at radius 1 is 1.23 bits per heavy atom. The number of hydrogen-bond donors (Lipinski definition) is 1. The maximum atomic E-state index is 11.6. The molecule has 0 spiro atoms. The summed E-state index contributed by atoms with van der Waals surface area (Å²) in [6, 6.07) is 0. The lowest BCUT2D eigenvalue weighted by molar-refractivity contribution is -0.152. The van der Waals surface area contributed by atoms with Gasteiger partial charge in [0.25, 0.3) is 0 Å². The highest BCUT2D eigenvalue weighted by atomic mass is 16.6. The van der Waals surface area contributed by atoms with Crippen LogP contribution in [-0.2, 0) is 19.1 Å². The zero-order valence-corrected chi connectivity index (χ0v) is 22.1. The van der Waals surface area contributed by atoms with Crippen LogP contribution in [0.15, 0.2) is 59.3 Å². The summed E-state index contributed by atoms with van der Waals surface area (Å²) in [6.07, 6.45) is 17.5. The van der Waals surface area contributed by atoms with Crippen molar-refractivity contribution in [3.63, 3.8) is 0 Å². The van der Waals surface area contributed by atoms with Gasteiger partial charge >= 0.3 is 11.9 Å². The Labute approximate surface area is 210 Å². The molecule has 35 heavy (non-hydrogen) atoms. The van der Waals surface area contributed by atoms with Gasteiger partial charge in [-0.1, -0.05) is 55.0 Å². The number of hydrogen-bond acceptors (Lipinski definition) is 5. The Bertz CT molecular complexity index is 958. The third-order valence-corrected chi connectivity index (χ3v) is 7.68. The van der Waals surface area contributed by atoms with Crippen LogP contribution < -0.4 is 0 Å². The van der Waals surface area contributed by atoms with Gasteiger partial charge < -0.3 is 14.6 Å². The minimum Gasteiger partial charge on any atom is -0.462 e. The van der Waals surface area contributed by atoms with Crippen LogP contribution in [-0.4, -0.2) is 34.9 Å². The second kappa shape index (κ2) is 11.1. The SMILES string of the molecule is C=C1/C(=C\C=C2/CCC[C@]3(C)C(CC/C=C/C(C)(C)O)=CCC23)CC(OC(C)=O)C[C@@H]1OC(C)=O. The number of carbonyl (C=O) groups excluding carboxylic acids is 2. The zero-order valence-electron chi connectivity index (χ0n) is 22.1. The number of ether oxygens (including phenoxy) is 2. The summed E-state index contributed by atoms with van der Waals surface area (Å²) in [5.41, 5.74) is 4.18. The second-order valence-electron chi connectivity index (χ2n) is 11.1. The van der Waals surface area contributed by atoms with Gasteiger partial charge in [0.05, 0.1) is 5.60 Å². The average molecular weight is 483 g/mol. The fourth-order valence-corrected chi connectivity index (χ4v) is 5.98. The quantitative estimate of drug-likeness (QED) is 0.341. The standard InChI is InChI=1S/C30H42O5/c1-20-24(18-26(34-21(2)31)19-28(20)35-22(3)32)13-12-23-10-9-17-30(6)25(14-15-27(23)30)11-7-8-16-29(4,5)33/h8,12-14,16,26-28,33H,1,7,9-11,15,17-19H2,2-6H3/b16-8+,23-12+,24-13-/t26?,27?,28-,30+/m0/s1. The lowest BCUT2D eigenvalue weighted by atomic mass is 9.63. The molecule has 2 fully saturated rings. The van der Waals surface area contributed by atoms with Crippen LogP contribution in [0, 0.1) is 11.3 Å². The largest absolute Gasteiger partial charge is 0.462 e. The molecule has 0 radical (unpaired) electrons. The summed E-state index contributed by atoms with van der Waals surface area (Å²) in [6.45, 7) is 13.0. The molecule has 5 heteroatoms. The molecule has 192 valence electrons. The summed E-state index contributed by atoms with van der Waals surface area (Å²) in [5.74, 6) is -0.194. The van der Waals surface area contributed by atoms with Crippen LogP contribution in [0.1, 0.15) is 86.0 Å². The van der Waals surface area contributed by atoms with E-state index in [1.54, 1.807) is 13.8 Å². The van der Waals surface area contributed by atoms with E-state index in [0.717, 1.165) is 43.3 Å². The van der Waals surface area contributed by atoms with E-state index in [-0.39, 0.29) is 23.5 Å². The maximum absolute atomic E-state index is 11.6. The third-order valence-electron chi connectivity index (χ3n) is 7.68. The highest BCUT2D eigenvalue weighted by Gasteiger charge is 2.44. The molecule has 3 rings (SSSR count). The van der Waals surface area contributed by atoms with E-state index in [4.69, 9.17) is 9.47 Å². The van der Waals surface area contributed by atoms with Gasteiger partial charge in [0.2, 0.25) is 0 Å². The molecule has 0 amide bonds. The molecule has 1 N–H and O–H groups in total. The third kappa shape index (κ3) is 7.07. The van der Waals surface area contributed by atoms with Gasteiger partial charge in [0.15, 0.2) is 0 Å².